The van der Waals surface area contributed by atoms with Crippen LogP contribution in [0.15, 0.2) is 97.3 Å². The van der Waals surface area contributed by atoms with E-state index in [-0.39, 0.29) is 13.1 Å². The average Bonchev–Trinajstić information content (AvgIpc) is 3.13. The SMILES string of the molecule is CC.CC(C)(C)OC(=O)NCC(C)(C(=O)O)c1ccccc1.CC(C)(C)OC(=O)NCC(C)(C=O)c1ccccc1.CNc1ccc2cnccc2c1. The van der Waals surface area contributed by atoms with Crippen LogP contribution in [0, 0.1) is 0 Å². The van der Waals surface area contributed by atoms with Gasteiger partial charge in [0.25, 0.3) is 0 Å². The number of carboxylic acids is 1. The Labute approximate surface area is 314 Å². The standard InChI is InChI=1S/C15H21NO4.C15H21NO3.C10H10N2.C2H6/c1-14(2,3)20-13(19)16-10-15(4,12(17)18)11-8-6-5-7-9-11;1-14(2,3)19-13(18)16-10-15(4,11-17)12-8-6-5-7-9-12;1-11-10-3-2-9-7-12-5-4-8(9)6-10;1-2/h5-9H,10H2,1-4H3,(H,16,19)(H,17,18);5-9,11H,10H2,1-4H3,(H,16,18);2-7,11H,1H3;1-2H3. The molecule has 4 rings (SSSR count). The minimum absolute atomic E-state index is 0.0404. The molecule has 11 heteroatoms. The summed E-state index contributed by atoms with van der Waals surface area (Å²) >= 11 is 0. The first-order chi connectivity index (χ1) is 24.8. The number of fused-ring (bicyclic) bond motifs is 1. The van der Waals surface area contributed by atoms with Crippen molar-refractivity contribution in [1.29, 1.82) is 0 Å². The van der Waals surface area contributed by atoms with Gasteiger partial charge in [0.15, 0.2) is 0 Å². The number of hydrogen-bond donors (Lipinski definition) is 4. The lowest BCUT2D eigenvalue weighted by Crippen LogP contribution is -2.45. The van der Waals surface area contributed by atoms with Crippen molar-refractivity contribution in [2.24, 2.45) is 0 Å². The molecule has 0 aliphatic carbocycles. The number of hydrogen-bond acceptors (Lipinski definition) is 8. The maximum absolute atomic E-state index is 11.6. The molecule has 4 aromatic rings. The lowest BCUT2D eigenvalue weighted by Gasteiger charge is -2.27. The normalized spacial score (nSPS) is 12.9. The number of nitrogens with zero attached hydrogens (tertiary/aromatic N) is 1. The van der Waals surface area contributed by atoms with Crippen LogP contribution >= 0.6 is 0 Å². The molecular weight excluding hydrogens is 672 g/mol. The summed E-state index contributed by atoms with van der Waals surface area (Å²) in [6, 6.07) is 26.4. The quantitative estimate of drug-likeness (QED) is 0.124. The second-order valence-corrected chi connectivity index (χ2v) is 14.3. The number of nitrogens with one attached hydrogen (secondary N) is 3. The van der Waals surface area contributed by atoms with Gasteiger partial charge in [-0.05, 0) is 90.1 Å². The van der Waals surface area contributed by atoms with E-state index in [9.17, 15) is 24.3 Å². The first-order valence-electron chi connectivity index (χ1n) is 17.6. The van der Waals surface area contributed by atoms with Gasteiger partial charge in [0.05, 0.1) is 5.41 Å². The van der Waals surface area contributed by atoms with Crippen LogP contribution in [0.3, 0.4) is 0 Å². The molecule has 0 fully saturated rings. The number of amides is 2. The lowest BCUT2D eigenvalue weighted by molar-refractivity contribution is -0.143. The van der Waals surface area contributed by atoms with Crippen LogP contribution in [-0.2, 0) is 29.9 Å². The zero-order valence-corrected chi connectivity index (χ0v) is 33.1. The lowest BCUT2D eigenvalue weighted by atomic mass is 9.82. The molecule has 0 saturated carbocycles. The van der Waals surface area contributed by atoms with Gasteiger partial charge in [-0.3, -0.25) is 9.78 Å². The van der Waals surface area contributed by atoms with Gasteiger partial charge >= 0.3 is 18.2 Å². The highest BCUT2D eigenvalue weighted by molar-refractivity contribution is 5.85. The first kappa shape index (κ1) is 45.6. The molecule has 0 bridgehead atoms. The molecule has 0 aliphatic heterocycles. The van der Waals surface area contributed by atoms with E-state index in [4.69, 9.17) is 9.47 Å². The Balaban J connectivity index is 0.000000398. The third kappa shape index (κ3) is 16.2. The fourth-order valence-electron chi connectivity index (χ4n) is 4.51. The molecule has 0 saturated heterocycles. The molecule has 11 nitrogen and oxygen atoms in total. The summed E-state index contributed by atoms with van der Waals surface area (Å²) in [5, 5.41) is 20.1. The molecule has 4 N–H and O–H groups in total. The van der Waals surface area contributed by atoms with Gasteiger partial charge in [0.1, 0.15) is 22.9 Å². The number of anilines is 1. The van der Waals surface area contributed by atoms with Gasteiger partial charge < -0.3 is 35.3 Å². The monoisotopic (exact) mass is 730 g/mol. The summed E-state index contributed by atoms with van der Waals surface area (Å²) in [5.41, 5.74) is -0.486. The summed E-state index contributed by atoms with van der Waals surface area (Å²) in [5.74, 6) is -1.00. The summed E-state index contributed by atoms with van der Waals surface area (Å²) in [7, 11) is 1.92. The fourth-order valence-corrected chi connectivity index (χ4v) is 4.51. The van der Waals surface area contributed by atoms with Crippen molar-refractivity contribution in [3.05, 3.63) is 108 Å². The van der Waals surface area contributed by atoms with Crippen LogP contribution in [0.4, 0.5) is 15.3 Å². The van der Waals surface area contributed by atoms with Crippen molar-refractivity contribution in [3.8, 4) is 0 Å². The van der Waals surface area contributed by atoms with Crippen molar-refractivity contribution in [1.82, 2.24) is 15.6 Å². The predicted molar refractivity (Wildman–Crippen MR) is 212 cm³/mol. The zero-order valence-electron chi connectivity index (χ0n) is 33.1. The third-order valence-corrected chi connectivity index (χ3v) is 7.49. The minimum Gasteiger partial charge on any atom is -0.481 e. The minimum atomic E-state index is -1.20. The highest BCUT2D eigenvalue weighted by Crippen LogP contribution is 2.24. The number of alkyl carbamates (subject to hydrolysis) is 2. The van der Waals surface area contributed by atoms with E-state index < -0.39 is 40.2 Å². The van der Waals surface area contributed by atoms with Crippen molar-refractivity contribution < 1.29 is 33.8 Å². The number of rotatable bonds is 9. The number of aromatic nitrogens is 1. The van der Waals surface area contributed by atoms with Gasteiger partial charge in [-0.2, -0.15) is 0 Å². The predicted octanol–water partition coefficient (Wildman–Crippen LogP) is 8.52. The van der Waals surface area contributed by atoms with Crippen molar-refractivity contribution >= 4 is 40.9 Å². The van der Waals surface area contributed by atoms with Gasteiger partial charge in [0, 0.05) is 43.6 Å². The van der Waals surface area contributed by atoms with E-state index >= 15 is 0 Å². The molecular formula is C42H58N4O7. The number of ether oxygens (including phenoxy) is 2. The van der Waals surface area contributed by atoms with Crippen LogP contribution in [-0.4, -0.2) is 65.9 Å². The van der Waals surface area contributed by atoms with Gasteiger partial charge in [-0.15, -0.1) is 0 Å². The first-order valence-corrected chi connectivity index (χ1v) is 17.6. The highest BCUT2D eigenvalue weighted by atomic mass is 16.6. The maximum Gasteiger partial charge on any atom is 0.407 e. The van der Waals surface area contributed by atoms with E-state index in [1.54, 1.807) is 79.7 Å². The topological polar surface area (TPSA) is 156 Å². The number of benzene rings is 3. The molecule has 3 aromatic carbocycles. The molecule has 1 aromatic heterocycles. The van der Waals surface area contributed by atoms with Crippen LogP contribution in [0.1, 0.15) is 80.4 Å². The van der Waals surface area contributed by atoms with Gasteiger partial charge in [-0.1, -0.05) is 80.6 Å². The molecule has 1 heterocycles. The Morgan fingerprint density at radius 3 is 1.64 bits per heavy atom. The molecule has 2 amide bonds. The number of aliphatic carboxylic acids is 1. The molecule has 288 valence electrons. The van der Waals surface area contributed by atoms with E-state index in [0.29, 0.717) is 5.56 Å². The number of carboxylic acid groups (broad SMARTS) is 1. The number of aldehydes is 1. The summed E-state index contributed by atoms with van der Waals surface area (Å²) in [6.07, 6.45) is 3.38. The van der Waals surface area contributed by atoms with Crippen molar-refractivity contribution in [2.45, 2.75) is 91.3 Å². The maximum atomic E-state index is 11.6. The summed E-state index contributed by atoms with van der Waals surface area (Å²) in [4.78, 5) is 50.1. The molecule has 2 atom stereocenters. The Bertz CT molecular complexity index is 1720. The second-order valence-electron chi connectivity index (χ2n) is 14.3. The summed E-state index contributed by atoms with van der Waals surface area (Å²) in [6.45, 7) is 18.2. The largest absolute Gasteiger partial charge is 0.481 e. The Morgan fingerprint density at radius 1 is 0.698 bits per heavy atom. The number of carbonyl (C=O) groups excluding carboxylic acids is 3. The number of carbonyl (C=O) groups is 4. The highest BCUT2D eigenvalue weighted by Gasteiger charge is 2.36. The van der Waals surface area contributed by atoms with Gasteiger partial charge in [0.2, 0.25) is 0 Å². The van der Waals surface area contributed by atoms with Crippen LogP contribution < -0.4 is 16.0 Å². The summed E-state index contributed by atoms with van der Waals surface area (Å²) < 4.78 is 10.3. The van der Waals surface area contributed by atoms with Crippen LogP contribution in [0.5, 0.6) is 0 Å². The van der Waals surface area contributed by atoms with Crippen molar-refractivity contribution in [2.75, 3.05) is 25.5 Å². The van der Waals surface area contributed by atoms with E-state index in [2.05, 4.69) is 33.1 Å². The third-order valence-electron chi connectivity index (χ3n) is 7.49. The van der Waals surface area contributed by atoms with E-state index in [1.807, 2.05) is 81.8 Å². The van der Waals surface area contributed by atoms with Gasteiger partial charge in [-0.25, -0.2) is 9.59 Å². The Morgan fingerprint density at radius 2 is 1.19 bits per heavy atom. The Kier molecular flexibility index (Phi) is 18.2. The molecule has 0 radical (unpaired) electrons. The van der Waals surface area contributed by atoms with E-state index in [1.165, 1.54) is 10.8 Å². The average molecular weight is 731 g/mol. The zero-order chi connectivity index (χ0) is 40.3. The van der Waals surface area contributed by atoms with E-state index in [0.717, 1.165) is 17.5 Å². The van der Waals surface area contributed by atoms with Crippen LogP contribution in [0.2, 0.25) is 0 Å². The molecule has 2 unspecified atom stereocenters. The fraction of sp³-hybridized carbons (Fsp3) is 0.405. The molecule has 0 aliphatic rings. The van der Waals surface area contributed by atoms with Crippen LogP contribution in [0.25, 0.3) is 10.8 Å². The molecule has 53 heavy (non-hydrogen) atoms. The second kappa shape index (κ2) is 21.2. The smallest absolute Gasteiger partial charge is 0.407 e. The molecule has 0 spiro atoms. The van der Waals surface area contributed by atoms with Crippen molar-refractivity contribution in [3.63, 3.8) is 0 Å². The Hall–Kier alpha value is -5.45. The number of pyridine rings is 1.